The Morgan fingerprint density at radius 2 is 2.05 bits per heavy atom. The molecule has 5 heteroatoms. The van der Waals surface area contributed by atoms with Gasteiger partial charge in [-0.1, -0.05) is 0 Å². The van der Waals surface area contributed by atoms with Gasteiger partial charge in [0.15, 0.2) is 6.10 Å². The Hall–Kier alpha value is -1.62. The molecular weight excluding hydrogens is 242 g/mol. The summed E-state index contributed by atoms with van der Waals surface area (Å²) in [6.07, 6.45) is -0.533. The third-order valence-electron chi connectivity index (χ3n) is 2.99. The lowest BCUT2D eigenvalue weighted by molar-refractivity contribution is -0.137. The first kappa shape index (κ1) is 15.4. The van der Waals surface area contributed by atoms with E-state index in [2.05, 4.69) is 4.98 Å². The molecule has 0 aromatic carbocycles. The molecule has 5 nitrogen and oxygen atoms in total. The largest absolute Gasteiger partial charge is 0.479 e. The third kappa shape index (κ3) is 3.92. The number of likely N-dealkylation sites (N-methyl/N-ethyl adjacent to an activating group) is 1. The second-order valence-corrected chi connectivity index (χ2v) is 4.37. The van der Waals surface area contributed by atoms with Gasteiger partial charge in [-0.25, -0.2) is 0 Å². The first-order chi connectivity index (χ1) is 9.03. The van der Waals surface area contributed by atoms with Crippen LogP contribution < -0.4 is 10.5 Å². The van der Waals surface area contributed by atoms with Crippen molar-refractivity contribution in [2.75, 3.05) is 13.1 Å². The molecule has 0 saturated carbocycles. The number of rotatable bonds is 6. The predicted molar refractivity (Wildman–Crippen MR) is 74.9 cm³/mol. The smallest absolute Gasteiger partial charge is 0.263 e. The number of carbonyl (C=O) groups is 1. The van der Waals surface area contributed by atoms with Crippen LogP contribution in [0.5, 0.6) is 5.75 Å². The highest BCUT2D eigenvalue weighted by molar-refractivity contribution is 5.80. The summed E-state index contributed by atoms with van der Waals surface area (Å²) in [5, 5.41) is 0. The maximum atomic E-state index is 12.1. The summed E-state index contributed by atoms with van der Waals surface area (Å²) in [7, 11) is 0. The number of ether oxygens (including phenoxy) is 1. The van der Waals surface area contributed by atoms with Gasteiger partial charge in [0.05, 0.1) is 5.69 Å². The number of nitrogens with zero attached hydrogens (tertiary/aromatic N) is 2. The first-order valence-corrected chi connectivity index (χ1v) is 6.65. The molecule has 0 aliphatic carbocycles. The molecule has 19 heavy (non-hydrogen) atoms. The molecule has 0 radical (unpaired) electrons. The summed E-state index contributed by atoms with van der Waals surface area (Å²) in [6.45, 7) is 9.20. The minimum absolute atomic E-state index is 0.0199. The van der Waals surface area contributed by atoms with Crippen molar-refractivity contribution in [3.63, 3.8) is 0 Å². The number of aryl methyl sites for hydroxylation is 1. The summed E-state index contributed by atoms with van der Waals surface area (Å²) >= 11 is 0. The molecule has 0 saturated heterocycles. The second kappa shape index (κ2) is 7.09. The van der Waals surface area contributed by atoms with E-state index in [1.165, 1.54) is 0 Å². The lowest BCUT2D eigenvalue weighted by Gasteiger charge is -2.24. The number of carbonyl (C=O) groups excluding carboxylic acids is 1. The van der Waals surface area contributed by atoms with Gasteiger partial charge >= 0.3 is 0 Å². The van der Waals surface area contributed by atoms with Crippen LogP contribution in [0, 0.1) is 6.92 Å². The van der Waals surface area contributed by atoms with E-state index >= 15 is 0 Å². The molecule has 1 aromatic rings. The Morgan fingerprint density at radius 1 is 1.42 bits per heavy atom. The number of pyridine rings is 1. The van der Waals surface area contributed by atoms with Crippen molar-refractivity contribution < 1.29 is 9.53 Å². The van der Waals surface area contributed by atoms with Gasteiger partial charge in [0.1, 0.15) is 5.75 Å². The SMILES string of the molecule is CCN(CC)C(=O)C(C)Oc1ccc(C)nc1CN. The van der Waals surface area contributed by atoms with E-state index in [0.717, 1.165) is 5.69 Å². The van der Waals surface area contributed by atoms with Gasteiger partial charge in [-0.05, 0) is 39.8 Å². The predicted octanol–water partition coefficient (Wildman–Crippen LogP) is 1.48. The van der Waals surface area contributed by atoms with Gasteiger partial charge in [0.25, 0.3) is 5.91 Å². The number of hydrogen-bond acceptors (Lipinski definition) is 4. The lowest BCUT2D eigenvalue weighted by atomic mass is 10.2. The summed E-state index contributed by atoms with van der Waals surface area (Å²) in [5.74, 6) is 0.564. The molecule has 0 fully saturated rings. The average Bonchev–Trinajstić information content (AvgIpc) is 2.41. The minimum atomic E-state index is -0.533. The van der Waals surface area contributed by atoms with Gasteiger partial charge in [-0.3, -0.25) is 9.78 Å². The Bertz CT molecular complexity index is 431. The van der Waals surface area contributed by atoms with Gasteiger partial charge in [0, 0.05) is 25.3 Å². The van der Waals surface area contributed by atoms with E-state index < -0.39 is 6.10 Å². The Labute approximate surface area is 114 Å². The summed E-state index contributed by atoms with van der Waals surface area (Å²) in [4.78, 5) is 18.2. The zero-order chi connectivity index (χ0) is 14.4. The number of amides is 1. The van der Waals surface area contributed by atoms with Crippen molar-refractivity contribution in [2.24, 2.45) is 5.73 Å². The molecule has 0 aliphatic heterocycles. The Balaban J connectivity index is 2.81. The van der Waals surface area contributed by atoms with Crippen LogP contribution in [0.15, 0.2) is 12.1 Å². The van der Waals surface area contributed by atoms with Gasteiger partial charge in [0.2, 0.25) is 0 Å². The zero-order valence-electron chi connectivity index (χ0n) is 12.1. The van der Waals surface area contributed by atoms with Gasteiger partial charge < -0.3 is 15.4 Å². The monoisotopic (exact) mass is 265 g/mol. The van der Waals surface area contributed by atoms with E-state index in [1.807, 2.05) is 32.9 Å². The van der Waals surface area contributed by atoms with Gasteiger partial charge in [-0.15, -0.1) is 0 Å². The quantitative estimate of drug-likeness (QED) is 0.846. The van der Waals surface area contributed by atoms with Crippen LogP contribution in [0.25, 0.3) is 0 Å². The Kier molecular flexibility index (Phi) is 5.76. The summed E-state index contributed by atoms with van der Waals surface area (Å²) in [5.41, 5.74) is 7.21. The highest BCUT2D eigenvalue weighted by atomic mass is 16.5. The maximum Gasteiger partial charge on any atom is 0.263 e. The minimum Gasteiger partial charge on any atom is -0.479 e. The summed E-state index contributed by atoms with van der Waals surface area (Å²) in [6, 6.07) is 3.67. The van der Waals surface area contributed by atoms with Gasteiger partial charge in [-0.2, -0.15) is 0 Å². The molecular formula is C14H23N3O2. The second-order valence-electron chi connectivity index (χ2n) is 4.37. The molecule has 0 aliphatic rings. The fourth-order valence-electron chi connectivity index (χ4n) is 1.88. The number of aromatic nitrogens is 1. The Morgan fingerprint density at radius 3 is 2.58 bits per heavy atom. The van der Waals surface area contributed by atoms with Crippen LogP contribution in [-0.2, 0) is 11.3 Å². The summed E-state index contributed by atoms with van der Waals surface area (Å²) < 4.78 is 5.70. The van der Waals surface area contributed by atoms with Crippen molar-refractivity contribution >= 4 is 5.91 Å². The van der Waals surface area contributed by atoms with Crippen LogP contribution in [0.2, 0.25) is 0 Å². The van der Waals surface area contributed by atoms with Crippen LogP contribution in [0.1, 0.15) is 32.2 Å². The maximum absolute atomic E-state index is 12.1. The van der Waals surface area contributed by atoms with E-state index in [9.17, 15) is 4.79 Å². The van der Waals surface area contributed by atoms with E-state index in [1.54, 1.807) is 11.8 Å². The van der Waals surface area contributed by atoms with Crippen LogP contribution >= 0.6 is 0 Å². The molecule has 106 valence electrons. The molecule has 2 N–H and O–H groups in total. The highest BCUT2D eigenvalue weighted by Crippen LogP contribution is 2.18. The normalized spacial score (nSPS) is 12.1. The standard InChI is InChI=1S/C14H23N3O2/c1-5-17(6-2)14(18)11(4)19-13-8-7-10(3)16-12(13)9-15/h7-8,11H,5-6,9,15H2,1-4H3. The van der Waals surface area contributed by atoms with Crippen LogP contribution in [0.3, 0.4) is 0 Å². The van der Waals surface area contributed by atoms with E-state index in [4.69, 9.17) is 10.5 Å². The molecule has 1 unspecified atom stereocenters. The van der Waals surface area contributed by atoms with E-state index in [0.29, 0.717) is 31.1 Å². The van der Waals surface area contributed by atoms with Crippen LogP contribution in [0.4, 0.5) is 0 Å². The first-order valence-electron chi connectivity index (χ1n) is 6.65. The zero-order valence-corrected chi connectivity index (χ0v) is 12.1. The lowest BCUT2D eigenvalue weighted by Crippen LogP contribution is -2.40. The van der Waals surface area contributed by atoms with E-state index in [-0.39, 0.29) is 5.91 Å². The molecule has 0 bridgehead atoms. The highest BCUT2D eigenvalue weighted by Gasteiger charge is 2.20. The van der Waals surface area contributed by atoms with Crippen molar-refractivity contribution in [2.45, 2.75) is 40.3 Å². The fourth-order valence-corrected chi connectivity index (χ4v) is 1.88. The van der Waals surface area contributed by atoms with Crippen LogP contribution in [-0.4, -0.2) is 35.0 Å². The van der Waals surface area contributed by atoms with Crippen molar-refractivity contribution in [3.8, 4) is 5.75 Å². The molecule has 1 heterocycles. The molecule has 1 aromatic heterocycles. The topological polar surface area (TPSA) is 68.5 Å². The van der Waals surface area contributed by atoms with Crippen molar-refractivity contribution in [1.82, 2.24) is 9.88 Å². The molecule has 1 rings (SSSR count). The number of nitrogens with two attached hydrogens (primary N) is 1. The number of hydrogen-bond donors (Lipinski definition) is 1. The van der Waals surface area contributed by atoms with Crippen molar-refractivity contribution in [1.29, 1.82) is 0 Å². The van der Waals surface area contributed by atoms with Crippen molar-refractivity contribution in [3.05, 3.63) is 23.5 Å². The molecule has 1 amide bonds. The molecule has 1 atom stereocenters. The molecule has 0 spiro atoms. The fraction of sp³-hybridized carbons (Fsp3) is 0.571. The third-order valence-corrected chi connectivity index (χ3v) is 2.99. The average molecular weight is 265 g/mol.